The summed E-state index contributed by atoms with van der Waals surface area (Å²) in [6.45, 7) is 18.5. The summed E-state index contributed by atoms with van der Waals surface area (Å²) in [5, 5.41) is 2.79. The van der Waals surface area contributed by atoms with Crippen LogP contribution < -0.4 is 10.7 Å². The first-order valence-corrected chi connectivity index (χ1v) is 18.8. The van der Waals surface area contributed by atoms with E-state index in [0.29, 0.717) is 0 Å². The van der Waals surface area contributed by atoms with Gasteiger partial charge in [0.25, 0.3) is 0 Å². The van der Waals surface area contributed by atoms with E-state index in [9.17, 15) is 0 Å². The van der Waals surface area contributed by atoms with E-state index in [1.54, 1.807) is 0 Å². The topological polar surface area (TPSA) is 34.6 Å². The van der Waals surface area contributed by atoms with Crippen LogP contribution in [-0.2, 0) is 25.7 Å². The van der Waals surface area contributed by atoms with E-state index in [4.69, 9.17) is 9.98 Å². The summed E-state index contributed by atoms with van der Waals surface area (Å²) in [7, 11) is 0. The first-order chi connectivity index (χ1) is 20.5. The Morgan fingerprint density at radius 1 is 0.500 bits per heavy atom. The van der Waals surface area contributed by atoms with E-state index in [2.05, 4.69) is 86.2 Å². The van der Waals surface area contributed by atoms with Crippen molar-refractivity contribution in [3.63, 3.8) is 0 Å². The molecule has 4 aliphatic rings. The third kappa shape index (κ3) is 4.33. The van der Waals surface area contributed by atoms with Crippen LogP contribution in [0.2, 0.25) is 0 Å². The van der Waals surface area contributed by atoms with Crippen molar-refractivity contribution in [3.8, 4) is 0 Å². The molecule has 0 atom stereocenters. The molecule has 0 aromatic carbocycles. The van der Waals surface area contributed by atoms with Crippen LogP contribution in [0.5, 0.6) is 0 Å². The summed E-state index contributed by atoms with van der Waals surface area (Å²) in [4.78, 5) is 10.8. The van der Waals surface area contributed by atoms with Gasteiger partial charge in [-0.1, -0.05) is 0 Å². The zero-order chi connectivity index (χ0) is 29.7. The van der Waals surface area contributed by atoms with Crippen molar-refractivity contribution in [2.75, 3.05) is 0 Å². The van der Waals surface area contributed by atoms with E-state index in [1.807, 2.05) is 0 Å². The van der Waals surface area contributed by atoms with Crippen LogP contribution >= 0.6 is 0 Å². The molecule has 0 spiro atoms. The molecular weight excluding hydrogens is 570 g/mol. The molecule has 4 aliphatic heterocycles. The number of hydrogen-bond acceptors (Lipinski definition) is 2. The van der Waals surface area contributed by atoms with E-state index >= 15 is 0 Å². The van der Waals surface area contributed by atoms with E-state index < -0.39 is 17.9 Å². The van der Waals surface area contributed by atoms with E-state index in [0.717, 1.165) is 57.8 Å². The minimum atomic E-state index is -1.21. The molecule has 6 bridgehead atoms. The van der Waals surface area contributed by atoms with Crippen LogP contribution in [0, 0.1) is 0 Å². The standard InChI is InChI=1S/C37H46N4.Ga/c1-9-17-29-28(16-8)36-20-34-25(13-5)24(12-4)32(39-34)18-30-22(10-2)23(11-3)31(38-30)19-33-26(14-6)27(15-7)35(40-33)21-37(29)41-36;/h18-21H,9-17H2,1-8H3;/q-2;+2. The Bertz CT molecular complexity index is 1760. The second-order valence-corrected chi connectivity index (χ2v) is 14.4. The third-order valence-corrected chi connectivity index (χ3v) is 13.1. The predicted molar refractivity (Wildman–Crippen MR) is 182 cm³/mol. The van der Waals surface area contributed by atoms with Crippen molar-refractivity contribution >= 4 is 53.6 Å². The minimum absolute atomic E-state index is 1.01. The number of rotatable bonds is 9. The Hall–Kier alpha value is -2.76. The van der Waals surface area contributed by atoms with Gasteiger partial charge in [0, 0.05) is 0 Å². The van der Waals surface area contributed by atoms with Gasteiger partial charge in [0.1, 0.15) is 0 Å². The maximum atomic E-state index is 5.42. The molecular formula is C37H46GaN4. The molecule has 2 aromatic heterocycles. The van der Waals surface area contributed by atoms with Gasteiger partial charge in [0.2, 0.25) is 0 Å². The van der Waals surface area contributed by atoms with Gasteiger partial charge in [-0.3, -0.25) is 0 Å². The van der Waals surface area contributed by atoms with Crippen molar-refractivity contribution < 1.29 is 0 Å². The summed E-state index contributed by atoms with van der Waals surface area (Å²) in [6, 6.07) is 0. The summed E-state index contributed by atoms with van der Waals surface area (Å²) in [5.41, 5.74) is 19.3. The Balaban J connectivity index is 1.88. The first kappa shape index (κ1) is 29.3. The Labute approximate surface area is 260 Å². The van der Waals surface area contributed by atoms with Gasteiger partial charge in [0.05, 0.1) is 0 Å². The molecule has 42 heavy (non-hydrogen) atoms. The van der Waals surface area contributed by atoms with Crippen molar-refractivity contribution in [1.82, 2.24) is 6.55 Å². The van der Waals surface area contributed by atoms with Crippen molar-refractivity contribution in [2.24, 2.45) is 9.98 Å². The van der Waals surface area contributed by atoms with Crippen LogP contribution in [0.25, 0.3) is 24.3 Å². The predicted octanol–water partition coefficient (Wildman–Crippen LogP) is 7.27. The number of aliphatic imine (C=N–C) groups is 2. The summed E-state index contributed by atoms with van der Waals surface area (Å²) < 4.78 is 5.54. The molecule has 0 aliphatic carbocycles. The molecule has 0 fully saturated rings. The van der Waals surface area contributed by atoms with Gasteiger partial charge in [-0.25, -0.2) is 0 Å². The monoisotopic (exact) mass is 615 g/mol. The first-order valence-electron chi connectivity index (χ1n) is 16.6. The molecule has 5 heteroatoms. The second kappa shape index (κ2) is 11.7. The number of aromatic nitrogens is 2. The van der Waals surface area contributed by atoms with Crippen molar-refractivity contribution in [3.05, 3.63) is 78.0 Å². The molecule has 0 unspecified atom stereocenters. The Kier molecular flexibility index (Phi) is 8.19. The molecule has 0 amide bonds. The molecule has 2 aromatic rings. The van der Waals surface area contributed by atoms with Crippen molar-refractivity contribution in [2.45, 2.75) is 113 Å². The second-order valence-electron chi connectivity index (χ2n) is 11.8. The van der Waals surface area contributed by atoms with Crippen LogP contribution in [0.4, 0.5) is 0 Å². The van der Waals surface area contributed by atoms with Crippen LogP contribution in [0.15, 0.2) is 43.7 Å². The van der Waals surface area contributed by atoms with Gasteiger partial charge in [-0.15, -0.1) is 0 Å². The van der Waals surface area contributed by atoms with E-state index in [-0.39, 0.29) is 0 Å². The Morgan fingerprint density at radius 3 is 1.36 bits per heavy atom. The molecule has 1 radical (unpaired) electrons. The molecule has 0 saturated carbocycles. The summed E-state index contributed by atoms with van der Waals surface area (Å²) in [6.07, 6.45) is 19.2. The third-order valence-electron chi connectivity index (χ3n) is 9.75. The summed E-state index contributed by atoms with van der Waals surface area (Å²) in [5.74, 6) is 0. The van der Waals surface area contributed by atoms with E-state index in [1.165, 1.54) is 89.4 Å². The normalized spacial score (nSPS) is 17.0. The zero-order valence-electron chi connectivity index (χ0n) is 27.0. The SMILES string of the molecule is CCCc1c(CC)c2[n]3c1C=C1N=C(C=c4c(CC)c(CC)c([n]4[Ga]3)=CC3=NC(=C2)C(CC)=C3CC)C(CC)=C1CC. The zero-order valence-corrected chi connectivity index (χ0v) is 29.5. The molecule has 6 rings (SSSR count). The van der Waals surface area contributed by atoms with Gasteiger partial charge in [0.15, 0.2) is 0 Å². The molecule has 0 N–H and O–H groups in total. The van der Waals surface area contributed by atoms with Gasteiger partial charge in [-0.2, -0.15) is 0 Å². The van der Waals surface area contributed by atoms with Gasteiger partial charge < -0.3 is 0 Å². The molecule has 6 heterocycles. The van der Waals surface area contributed by atoms with Gasteiger partial charge in [-0.05, 0) is 0 Å². The van der Waals surface area contributed by atoms with Crippen LogP contribution in [0.1, 0.15) is 121 Å². The molecule has 0 saturated heterocycles. The van der Waals surface area contributed by atoms with Crippen molar-refractivity contribution in [1.29, 1.82) is 0 Å². The number of nitrogens with zero attached hydrogens (tertiary/aromatic N) is 4. The fourth-order valence-electron chi connectivity index (χ4n) is 7.88. The average molecular weight is 617 g/mol. The number of hydrogen-bond donors (Lipinski definition) is 0. The average Bonchev–Trinajstić information content (AvgIpc) is 3.68. The summed E-state index contributed by atoms with van der Waals surface area (Å²) >= 11 is -1.21. The fourth-order valence-corrected chi connectivity index (χ4v) is 11.3. The van der Waals surface area contributed by atoms with Gasteiger partial charge >= 0.3 is 261 Å². The molecule has 217 valence electrons. The maximum absolute atomic E-state index is 5.42. The van der Waals surface area contributed by atoms with Crippen LogP contribution in [-0.4, -0.2) is 35.9 Å². The quantitative estimate of drug-likeness (QED) is 0.266. The van der Waals surface area contributed by atoms with Crippen LogP contribution in [0.3, 0.4) is 0 Å². The Morgan fingerprint density at radius 2 is 0.952 bits per heavy atom. The molecule has 4 nitrogen and oxygen atoms in total. The fraction of sp³-hybridized carbons (Fsp3) is 0.459. The number of allylic oxidation sites excluding steroid dienone is 4. The number of fused-ring (bicyclic) bond motifs is 2.